The number of carbonyl (C=O) groups is 1. The molecule has 34 heavy (non-hydrogen) atoms. The first-order chi connectivity index (χ1) is 16.4. The molecule has 1 amide bonds. The van der Waals surface area contributed by atoms with E-state index < -0.39 is 0 Å². The standard InChI is InChI=1S/C23H20Cl2N4O2S3/c24-15-4-5-16(17(25)7-15)18-11-33-22(26-18)27-20(30)12-34-23(32)28-8-13-6-14(10-28)19-2-1-3-21(31)29(19)9-13/h1-5,7,11,13-14H,6,8-10,12H2,(H,26,27,30)/t13-,14-/m1/s1. The summed E-state index contributed by atoms with van der Waals surface area (Å²) >= 11 is 20.6. The van der Waals surface area contributed by atoms with Gasteiger partial charge in [0.1, 0.15) is 4.32 Å². The number of anilines is 1. The molecule has 0 radical (unpaired) electrons. The van der Waals surface area contributed by atoms with E-state index in [2.05, 4.69) is 15.2 Å². The summed E-state index contributed by atoms with van der Waals surface area (Å²) in [5.41, 5.74) is 2.60. The Morgan fingerprint density at radius 1 is 1.24 bits per heavy atom. The molecule has 6 nitrogen and oxygen atoms in total. The lowest BCUT2D eigenvalue weighted by Gasteiger charge is -2.43. The normalized spacial score (nSPS) is 18.9. The van der Waals surface area contributed by atoms with Crippen LogP contribution in [0.5, 0.6) is 0 Å². The molecule has 2 bridgehead atoms. The lowest BCUT2D eigenvalue weighted by molar-refractivity contribution is -0.113. The van der Waals surface area contributed by atoms with Gasteiger partial charge in [-0.2, -0.15) is 0 Å². The van der Waals surface area contributed by atoms with Crippen molar-refractivity contribution in [2.75, 3.05) is 24.2 Å². The number of hydrogen-bond acceptors (Lipinski definition) is 6. The van der Waals surface area contributed by atoms with Gasteiger partial charge in [0.05, 0.1) is 16.5 Å². The second-order valence-electron chi connectivity index (χ2n) is 8.37. The molecule has 176 valence electrons. The average Bonchev–Trinajstić information content (AvgIpc) is 3.26. The summed E-state index contributed by atoms with van der Waals surface area (Å²) in [5, 5.41) is 6.26. The number of thiocarbonyl (C=S) groups is 1. The molecular formula is C23H20Cl2N4O2S3. The summed E-state index contributed by atoms with van der Waals surface area (Å²) in [6.45, 7) is 2.30. The molecule has 4 heterocycles. The predicted molar refractivity (Wildman–Crippen MR) is 144 cm³/mol. The van der Waals surface area contributed by atoms with Crippen LogP contribution in [0.15, 0.2) is 46.6 Å². The molecule has 0 unspecified atom stereocenters. The fraction of sp³-hybridized carbons (Fsp3) is 0.304. The van der Waals surface area contributed by atoms with Gasteiger partial charge in [-0.25, -0.2) is 4.98 Å². The molecule has 2 aliphatic rings. The number of hydrogen-bond donors (Lipinski definition) is 1. The largest absolute Gasteiger partial charge is 0.356 e. The molecule has 1 saturated heterocycles. The van der Waals surface area contributed by atoms with Crippen molar-refractivity contribution in [1.29, 1.82) is 0 Å². The number of halogens is 2. The van der Waals surface area contributed by atoms with Crippen molar-refractivity contribution < 1.29 is 4.79 Å². The SMILES string of the molecule is O=C(CSC(=S)N1C[C@H]2C[C@H](C1)c1cccc(=O)n1C2)Nc1nc(-c2ccc(Cl)cc2Cl)cs1. The Kier molecular flexibility index (Phi) is 7.00. The number of rotatable bonds is 4. The third-order valence-corrected chi connectivity index (χ3v) is 8.85. The first-order valence-electron chi connectivity index (χ1n) is 10.7. The van der Waals surface area contributed by atoms with Crippen molar-refractivity contribution in [1.82, 2.24) is 14.5 Å². The van der Waals surface area contributed by atoms with Gasteiger partial charge < -0.3 is 14.8 Å². The zero-order chi connectivity index (χ0) is 23.8. The van der Waals surface area contributed by atoms with E-state index in [1.165, 1.54) is 23.1 Å². The fourth-order valence-electron chi connectivity index (χ4n) is 4.57. The van der Waals surface area contributed by atoms with Gasteiger partial charge in [0.25, 0.3) is 5.56 Å². The van der Waals surface area contributed by atoms with Crippen LogP contribution >= 0.6 is 58.5 Å². The number of fused-ring (bicyclic) bond motifs is 4. The lowest BCUT2D eigenvalue weighted by Crippen LogP contribution is -2.48. The number of benzene rings is 1. The number of amides is 1. The molecule has 0 aliphatic carbocycles. The first-order valence-corrected chi connectivity index (χ1v) is 13.7. The molecule has 1 fully saturated rings. The van der Waals surface area contributed by atoms with Gasteiger partial charge >= 0.3 is 0 Å². The minimum Gasteiger partial charge on any atom is -0.356 e. The van der Waals surface area contributed by atoms with Crippen molar-refractivity contribution in [2.24, 2.45) is 5.92 Å². The number of carbonyl (C=O) groups excluding carboxylic acids is 1. The Bertz CT molecular complexity index is 1330. The van der Waals surface area contributed by atoms with E-state index in [9.17, 15) is 9.59 Å². The molecule has 11 heteroatoms. The summed E-state index contributed by atoms with van der Waals surface area (Å²) in [5.74, 6) is 0.705. The summed E-state index contributed by atoms with van der Waals surface area (Å²) in [6, 6.07) is 10.7. The molecule has 2 atom stereocenters. The Morgan fingerprint density at radius 2 is 2.09 bits per heavy atom. The van der Waals surface area contributed by atoms with E-state index in [0.717, 1.165) is 37.3 Å². The second-order valence-corrected chi connectivity index (χ2v) is 11.7. The van der Waals surface area contributed by atoms with Gasteiger partial charge in [-0.05, 0) is 36.6 Å². The van der Waals surface area contributed by atoms with Crippen LogP contribution < -0.4 is 10.9 Å². The molecule has 2 aromatic heterocycles. The molecule has 0 saturated carbocycles. The van der Waals surface area contributed by atoms with Crippen LogP contribution in [0.1, 0.15) is 18.0 Å². The Hall–Kier alpha value is -1.91. The molecule has 5 rings (SSSR count). The highest BCUT2D eigenvalue weighted by Crippen LogP contribution is 2.36. The quantitative estimate of drug-likeness (QED) is 0.441. The number of nitrogens with one attached hydrogen (secondary N) is 1. The van der Waals surface area contributed by atoms with Crippen LogP contribution in [0.25, 0.3) is 11.3 Å². The maximum atomic E-state index is 12.5. The minimum absolute atomic E-state index is 0.0675. The van der Waals surface area contributed by atoms with Gasteiger partial charge in [-0.1, -0.05) is 53.2 Å². The molecule has 1 N–H and O–H groups in total. The summed E-state index contributed by atoms with van der Waals surface area (Å²) < 4.78 is 2.61. The number of pyridine rings is 1. The van der Waals surface area contributed by atoms with Crippen LogP contribution in [0.3, 0.4) is 0 Å². The maximum absolute atomic E-state index is 12.5. The first kappa shape index (κ1) is 23.8. The minimum atomic E-state index is -0.162. The van der Waals surface area contributed by atoms with Crippen LogP contribution in [0.4, 0.5) is 5.13 Å². The van der Waals surface area contributed by atoms with E-state index in [0.29, 0.717) is 31.1 Å². The number of thioether (sulfide) groups is 1. The van der Waals surface area contributed by atoms with Gasteiger partial charge in [0.15, 0.2) is 5.13 Å². The van der Waals surface area contributed by atoms with Gasteiger partial charge in [0.2, 0.25) is 5.91 Å². The summed E-state index contributed by atoms with van der Waals surface area (Å²) in [4.78, 5) is 31.4. The summed E-state index contributed by atoms with van der Waals surface area (Å²) in [7, 11) is 0. The molecule has 3 aromatic rings. The van der Waals surface area contributed by atoms with E-state index in [-0.39, 0.29) is 23.1 Å². The molecule has 0 spiro atoms. The fourth-order valence-corrected chi connectivity index (χ4v) is 6.79. The number of nitrogens with zero attached hydrogens (tertiary/aromatic N) is 3. The van der Waals surface area contributed by atoms with Crippen molar-refractivity contribution in [2.45, 2.75) is 18.9 Å². The number of piperidine rings is 1. The Balaban J connectivity index is 1.16. The third-order valence-electron chi connectivity index (χ3n) is 6.02. The van der Waals surface area contributed by atoms with E-state index in [1.807, 2.05) is 28.1 Å². The Morgan fingerprint density at radius 3 is 2.91 bits per heavy atom. The van der Waals surface area contributed by atoms with E-state index >= 15 is 0 Å². The van der Waals surface area contributed by atoms with Crippen LogP contribution in [-0.4, -0.2) is 43.5 Å². The van der Waals surface area contributed by atoms with Gasteiger partial charge in [-0.15, -0.1) is 11.3 Å². The average molecular weight is 552 g/mol. The highest BCUT2D eigenvalue weighted by atomic mass is 35.5. The zero-order valence-electron chi connectivity index (χ0n) is 17.9. The maximum Gasteiger partial charge on any atom is 0.250 e. The van der Waals surface area contributed by atoms with Crippen LogP contribution in [0, 0.1) is 5.92 Å². The van der Waals surface area contributed by atoms with Crippen LogP contribution in [0.2, 0.25) is 10.0 Å². The van der Waals surface area contributed by atoms with E-state index in [1.54, 1.807) is 18.2 Å². The van der Waals surface area contributed by atoms with Crippen molar-refractivity contribution in [3.8, 4) is 11.3 Å². The van der Waals surface area contributed by atoms with Crippen molar-refractivity contribution in [3.63, 3.8) is 0 Å². The highest BCUT2D eigenvalue weighted by Gasteiger charge is 2.35. The Labute approximate surface area is 220 Å². The number of aromatic nitrogens is 2. The summed E-state index contributed by atoms with van der Waals surface area (Å²) in [6.07, 6.45) is 1.07. The van der Waals surface area contributed by atoms with Crippen molar-refractivity contribution in [3.05, 3.63) is 67.9 Å². The molecule has 2 aliphatic heterocycles. The number of likely N-dealkylation sites (tertiary alicyclic amines) is 1. The third kappa shape index (κ3) is 5.04. The monoisotopic (exact) mass is 550 g/mol. The lowest BCUT2D eigenvalue weighted by atomic mass is 9.83. The van der Waals surface area contributed by atoms with Gasteiger partial charge in [0, 0.05) is 53.3 Å². The predicted octanol–water partition coefficient (Wildman–Crippen LogP) is 5.35. The topological polar surface area (TPSA) is 67.2 Å². The highest BCUT2D eigenvalue weighted by molar-refractivity contribution is 8.23. The number of thiazole rings is 1. The second kappa shape index (κ2) is 9.99. The molecule has 1 aromatic carbocycles. The smallest absolute Gasteiger partial charge is 0.250 e. The molecular weight excluding hydrogens is 531 g/mol. The van der Waals surface area contributed by atoms with Crippen LogP contribution in [-0.2, 0) is 11.3 Å². The van der Waals surface area contributed by atoms with E-state index in [4.69, 9.17) is 35.4 Å². The zero-order valence-corrected chi connectivity index (χ0v) is 21.8. The van der Waals surface area contributed by atoms with Crippen molar-refractivity contribution >= 4 is 73.9 Å². The van der Waals surface area contributed by atoms with Gasteiger partial charge in [-0.3, -0.25) is 9.59 Å².